The summed E-state index contributed by atoms with van der Waals surface area (Å²) in [6.07, 6.45) is 3.86. The van der Waals surface area contributed by atoms with Crippen LogP contribution in [0.3, 0.4) is 0 Å². The van der Waals surface area contributed by atoms with Crippen LogP contribution in [-0.2, 0) is 0 Å². The van der Waals surface area contributed by atoms with Gasteiger partial charge in [0, 0.05) is 23.2 Å². The molecular weight excluding hydrogens is 450 g/mol. The lowest BCUT2D eigenvalue weighted by molar-refractivity contribution is 0.415. The van der Waals surface area contributed by atoms with Crippen molar-refractivity contribution < 1.29 is 4.74 Å². The molecule has 0 aliphatic heterocycles. The Morgan fingerprint density at radius 1 is 1.00 bits per heavy atom. The summed E-state index contributed by atoms with van der Waals surface area (Å²) in [7, 11) is 1.65. The van der Waals surface area contributed by atoms with Crippen LogP contribution >= 0.6 is 22.7 Å². The molecule has 3 aromatic heterocycles. The highest BCUT2D eigenvalue weighted by Gasteiger charge is 2.12. The van der Waals surface area contributed by atoms with Gasteiger partial charge in [-0.25, -0.2) is 14.4 Å². The molecule has 0 fully saturated rings. The molecule has 0 radical (unpaired) electrons. The van der Waals surface area contributed by atoms with Crippen molar-refractivity contribution in [3.63, 3.8) is 0 Å². The Hall–Kier alpha value is -3.75. The van der Waals surface area contributed by atoms with Crippen molar-refractivity contribution in [1.82, 2.24) is 14.5 Å². The minimum atomic E-state index is 0.772. The quantitative estimate of drug-likeness (QED) is 0.290. The predicted octanol–water partition coefficient (Wildman–Crippen LogP) is 5.90. The highest BCUT2D eigenvalue weighted by molar-refractivity contribution is 7.13. The minimum absolute atomic E-state index is 0.772. The lowest BCUT2D eigenvalue weighted by atomic mass is 10.2. The number of nitrogens with zero attached hydrogens (tertiary/aromatic N) is 5. The Morgan fingerprint density at radius 2 is 1.88 bits per heavy atom. The van der Waals surface area contributed by atoms with Crippen LogP contribution in [0.4, 0.5) is 5.69 Å². The number of aromatic nitrogens is 3. The molecule has 0 spiro atoms. The molecule has 0 amide bonds. The second kappa shape index (κ2) is 9.40. The first-order chi connectivity index (χ1) is 16.2. The molecule has 0 atom stereocenters. The molecule has 0 N–H and O–H groups in total. The molecule has 0 aliphatic rings. The molecule has 0 saturated heterocycles. The van der Waals surface area contributed by atoms with Crippen LogP contribution in [-0.4, -0.2) is 27.8 Å². The number of methoxy groups -OCH3 is 1. The summed E-state index contributed by atoms with van der Waals surface area (Å²) in [5.74, 6) is 0.772. The van der Waals surface area contributed by atoms with Gasteiger partial charge in [0.25, 0.3) is 0 Å². The van der Waals surface area contributed by atoms with Crippen LogP contribution in [0.2, 0.25) is 0 Å². The number of benzene rings is 2. The smallest absolute Gasteiger partial charge is 0.211 e. The molecule has 0 saturated carbocycles. The van der Waals surface area contributed by atoms with E-state index < -0.39 is 0 Å². The highest BCUT2D eigenvalue weighted by Crippen LogP contribution is 2.27. The fraction of sp³-hybridized carbons (Fsp3) is 0.0800. The summed E-state index contributed by atoms with van der Waals surface area (Å²) in [5, 5.41) is 13.7. The maximum Gasteiger partial charge on any atom is 0.211 e. The summed E-state index contributed by atoms with van der Waals surface area (Å²) in [6, 6.07) is 21.9. The second-order valence-electron chi connectivity index (χ2n) is 7.22. The molecule has 164 valence electrons. The lowest BCUT2D eigenvalue weighted by Gasteiger charge is -2.00. The Bertz CT molecular complexity index is 1460. The van der Waals surface area contributed by atoms with Gasteiger partial charge >= 0.3 is 0 Å². The Labute approximate surface area is 199 Å². The molecule has 3 heterocycles. The largest absolute Gasteiger partial charge is 0.497 e. The van der Waals surface area contributed by atoms with E-state index in [-0.39, 0.29) is 0 Å². The predicted molar refractivity (Wildman–Crippen MR) is 135 cm³/mol. The average Bonchev–Trinajstić information content (AvgIpc) is 3.59. The lowest BCUT2D eigenvalue weighted by Crippen LogP contribution is -2.11. The van der Waals surface area contributed by atoms with Gasteiger partial charge in [-0.3, -0.25) is 0 Å². The van der Waals surface area contributed by atoms with E-state index >= 15 is 0 Å². The second-order valence-corrected chi connectivity index (χ2v) is 9.00. The topological polar surface area (TPSA) is 56.7 Å². The van der Waals surface area contributed by atoms with Gasteiger partial charge in [0.2, 0.25) is 4.80 Å². The monoisotopic (exact) mass is 471 g/mol. The number of thiazole rings is 1. The summed E-state index contributed by atoms with van der Waals surface area (Å²) in [4.78, 5) is 6.66. The maximum absolute atomic E-state index is 5.32. The maximum atomic E-state index is 5.32. The fourth-order valence-corrected chi connectivity index (χ4v) is 4.87. The minimum Gasteiger partial charge on any atom is -0.497 e. The molecule has 5 rings (SSSR count). The van der Waals surface area contributed by atoms with Gasteiger partial charge in [0.1, 0.15) is 11.4 Å². The summed E-state index contributed by atoms with van der Waals surface area (Å²) >= 11 is 3.21. The zero-order valence-corrected chi connectivity index (χ0v) is 19.8. The Morgan fingerprint density at radius 3 is 2.67 bits per heavy atom. The Balaban J connectivity index is 1.56. The SMILES string of the molecule is COc1cccc(N=c2scc(C)n2N=Cc2cn(-c3ccccc3)nc2-c2cccs2)c1. The summed E-state index contributed by atoms with van der Waals surface area (Å²) < 4.78 is 9.06. The number of thiophene rings is 1. The van der Waals surface area contributed by atoms with Gasteiger partial charge in [0.05, 0.1) is 35.3 Å². The number of hydrogen-bond donors (Lipinski definition) is 0. The Kier molecular flexibility index (Phi) is 6.01. The van der Waals surface area contributed by atoms with E-state index in [1.165, 1.54) is 0 Å². The van der Waals surface area contributed by atoms with E-state index in [4.69, 9.17) is 19.9 Å². The van der Waals surface area contributed by atoms with Crippen LogP contribution in [0, 0.1) is 6.92 Å². The third-order valence-electron chi connectivity index (χ3n) is 4.96. The molecule has 5 aromatic rings. The highest BCUT2D eigenvalue weighted by atomic mass is 32.1. The standard InChI is InChI=1S/C25H21N5OS2/c1-18-17-33-25(27-20-8-6-11-22(14-20)31-2)30(18)26-15-19-16-29(21-9-4-3-5-10-21)28-24(19)23-12-7-13-32-23/h3-17H,1-2H3. The number of para-hydroxylation sites is 1. The molecule has 0 unspecified atom stereocenters. The first kappa shape index (κ1) is 21.1. The normalized spacial score (nSPS) is 12.0. The van der Waals surface area contributed by atoms with Gasteiger partial charge in [-0.1, -0.05) is 30.3 Å². The van der Waals surface area contributed by atoms with Crippen molar-refractivity contribution in [2.75, 3.05) is 7.11 Å². The van der Waals surface area contributed by atoms with Crippen molar-refractivity contribution in [2.24, 2.45) is 10.1 Å². The molecule has 6 nitrogen and oxygen atoms in total. The van der Waals surface area contributed by atoms with Crippen molar-refractivity contribution in [3.05, 3.63) is 99.7 Å². The zero-order chi connectivity index (χ0) is 22.6. The summed E-state index contributed by atoms with van der Waals surface area (Å²) in [5.41, 5.74) is 4.66. The van der Waals surface area contributed by atoms with Crippen molar-refractivity contribution >= 4 is 34.6 Å². The average molecular weight is 472 g/mol. The molecule has 0 aliphatic carbocycles. The van der Waals surface area contributed by atoms with E-state index in [1.807, 2.05) is 94.7 Å². The third kappa shape index (κ3) is 4.57. The first-order valence-corrected chi connectivity index (χ1v) is 12.1. The molecule has 8 heteroatoms. The third-order valence-corrected chi connectivity index (χ3v) is 6.77. The van der Waals surface area contributed by atoms with Crippen LogP contribution in [0.25, 0.3) is 16.3 Å². The van der Waals surface area contributed by atoms with Crippen molar-refractivity contribution in [3.8, 4) is 22.0 Å². The van der Waals surface area contributed by atoms with Crippen LogP contribution in [0.1, 0.15) is 11.3 Å². The van der Waals surface area contributed by atoms with Gasteiger partial charge in [0.15, 0.2) is 0 Å². The number of hydrogen-bond acceptors (Lipinski definition) is 6. The van der Waals surface area contributed by atoms with Crippen molar-refractivity contribution in [1.29, 1.82) is 0 Å². The number of rotatable bonds is 6. The van der Waals surface area contributed by atoms with Gasteiger partial charge in [-0.05, 0) is 42.6 Å². The van der Waals surface area contributed by atoms with E-state index in [0.29, 0.717) is 0 Å². The van der Waals surface area contributed by atoms with Crippen LogP contribution in [0.15, 0.2) is 93.8 Å². The first-order valence-electron chi connectivity index (χ1n) is 10.3. The van der Waals surface area contributed by atoms with E-state index in [1.54, 1.807) is 29.8 Å². The zero-order valence-electron chi connectivity index (χ0n) is 18.1. The van der Waals surface area contributed by atoms with E-state index in [0.717, 1.165) is 43.8 Å². The number of ether oxygens (including phenoxy) is 1. The van der Waals surface area contributed by atoms with Gasteiger partial charge < -0.3 is 4.74 Å². The molecule has 0 bridgehead atoms. The van der Waals surface area contributed by atoms with E-state index in [9.17, 15) is 0 Å². The van der Waals surface area contributed by atoms with Gasteiger partial charge in [-0.2, -0.15) is 10.2 Å². The van der Waals surface area contributed by atoms with Crippen molar-refractivity contribution in [2.45, 2.75) is 6.92 Å². The molecular formula is C25H21N5OS2. The number of aryl methyl sites for hydroxylation is 1. The van der Waals surface area contributed by atoms with Crippen LogP contribution in [0.5, 0.6) is 5.75 Å². The van der Waals surface area contributed by atoms with E-state index in [2.05, 4.69) is 11.4 Å². The summed E-state index contributed by atoms with van der Waals surface area (Å²) in [6.45, 7) is 2.02. The molecule has 33 heavy (non-hydrogen) atoms. The van der Waals surface area contributed by atoms with Crippen LogP contribution < -0.4 is 9.54 Å². The molecule has 2 aromatic carbocycles. The van der Waals surface area contributed by atoms with Gasteiger partial charge in [-0.15, -0.1) is 22.7 Å². The fourth-order valence-electron chi connectivity index (χ4n) is 3.31.